The van der Waals surface area contributed by atoms with Gasteiger partial charge in [-0.25, -0.2) is 13.8 Å². The predicted molar refractivity (Wildman–Crippen MR) is 129 cm³/mol. The van der Waals surface area contributed by atoms with Crippen LogP contribution in [-0.4, -0.2) is 33.8 Å². The summed E-state index contributed by atoms with van der Waals surface area (Å²) in [4.78, 5) is 29.7. The lowest BCUT2D eigenvalue weighted by molar-refractivity contribution is -0.169. The second-order valence-electron chi connectivity index (χ2n) is 8.94. The number of hydrogen-bond donors (Lipinski definition) is 1. The number of aryl methyl sites for hydroxylation is 1. The van der Waals surface area contributed by atoms with E-state index in [2.05, 4.69) is 15.4 Å². The molecule has 1 saturated heterocycles. The van der Waals surface area contributed by atoms with Crippen LogP contribution in [0.1, 0.15) is 41.5 Å². The average molecular weight is 507 g/mol. The molecule has 0 saturated carbocycles. The highest BCUT2D eigenvalue weighted by Gasteiger charge is 2.57. The Labute approximate surface area is 210 Å². The van der Waals surface area contributed by atoms with Crippen molar-refractivity contribution in [2.45, 2.75) is 31.3 Å². The third-order valence-electron chi connectivity index (χ3n) is 6.67. The number of halogens is 2. The number of para-hydroxylation sites is 1. The van der Waals surface area contributed by atoms with E-state index in [-0.39, 0.29) is 30.1 Å². The monoisotopic (exact) mass is 506 g/mol. The van der Waals surface area contributed by atoms with E-state index >= 15 is 4.39 Å². The highest BCUT2D eigenvalue weighted by molar-refractivity contribution is 5.67. The number of esters is 1. The van der Waals surface area contributed by atoms with Crippen molar-refractivity contribution in [3.8, 4) is 5.69 Å². The van der Waals surface area contributed by atoms with Gasteiger partial charge in [0, 0.05) is 37.7 Å². The molecule has 4 aromatic rings. The Hall–Kier alpha value is -4.18. The molecular formula is C27H24F2N4O4. The Morgan fingerprint density at radius 3 is 2.62 bits per heavy atom. The van der Waals surface area contributed by atoms with Crippen molar-refractivity contribution >= 4 is 5.97 Å². The van der Waals surface area contributed by atoms with Gasteiger partial charge in [0.1, 0.15) is 17.9 Å². The van der Waals surface area contributed by atoms with Crippen molar-refractivity contribution in [2.75, 3.05) is 13.1 Å². The number of rotatable bonds is 5. The molecule has 2 aromatic heterocycles. The van der Waals surface area contributed by atoms with Gasteiger partial charge in [0.05, 0.1) is 29.4 Å². The maximum Gasteiger partial charge on any atom is 0.303 e. The molecule has 1 N–H and O–H groups in total. The molecule has 0 amide bonds. The molecule has 1 fully saturated rings. The largest absolute Gasteiger partial charge is 0.453 e. The second-order valence-corrected chi connectivity index (χ2v) is 8.94. The molecule has 0 spiro atoms. The lowest BCUT2D eigenvalue weighted by Crippen LogP contribution is -2.55. The number of nitrogens with zero attached hydrogens (tertiary/aromatic N) is 3. The zero-order chi connectivity index (χ0) is 26.2. The average Bonchev–Trinajstić information content (AvgIpc) is 3.39. The van der Waals surface area contributed by atoms with Gasteiger partial charge in [-0.05, 0) is 36.8 Å². The topological polar surface area (TPSA) is 99.2 Å². The molecule has 1 aliphatic heterocycles. The fourth-order valence-corrected chi connectivity index (χ4v) is 5.12. The number of carbonyl (C=O) groups is 1. The van der Waals surface area contributed by atoms with Gasteiger partial charge in [0.25, 0.3) is 5.56 Å². The van der Waals surface area contributed by atoms with Crippen molar-refractivity contribution in [2.24, 2.45) is 0 Å². The van der Waals surface area contributed by atoms with E-state index in [0.29, 0.717) is 11.4 Å². The molecule has 3 unspecified atom stereocenters. The predicted octanol–water partition coefficient (Wildman–Crippen LogP) is 3.74. The van der Waals surface area contributed by atoms with Crippen LogP contribution < -0.4 is 10.9 Å². The first-order chi connectivity index (χ1) is 17.8. The summed E-state index contributed by atoms with van der Waals surface area (Å²) in [6, 6.07) is 13.3. The number of piperidine rings is 1. The zero-order valence-electron chi connectivity index (χ0n) is 20.2. The number of benzene rings is 2. The van der Waals surface area contributed by atoms with Crippen LogP contribution in [0.4, 0.5) is 8.78 Å². The van der Waals surface area contributed by atoms with E-state index in [1.165, 1.54) is 42.3 Å². The van der Waals surface area contributed by atoms with E-state index < -0.39 is 35.0 Å². The molecule has 0 bridgehead atoms. The SMILES string of the molecule is CC(=O)OC1(c2ccc(F)cc2F)C(c2ccc(=O)n(-c3ccccc3C)n2)CNCC1c1ncco1. The van der Waals surface area contributed by atoms with E-state index in [9.17, 15) is 14.0 Å². The summed E-state index contributed by atoms with van der Waals surface area (Å²) in [5, 5.41) is 7.91. The van der Waals surface area contributed by atoms with Crippen molar-refractivity contribution in [3.05, 3.63) is 112 Å². The molecule has 10 heteroatoms. The van der Waals surface area contributed by atoms with Gasteiger partial charge >= 0.3 is 5.97 Å². The van der Waals surface area contributed by atoms with Gasteiger partial charge < -0.3 is 14.5 Å². The Kier molecular flexibility index (Phi) is 6.43. The molecule has 2 aromatic carbocycles. The second kappa shape index (κ2) is 9.70. The summed E-state index contributed by atoms with van der Waals surface area (Å²) in [6.07, 6.45) is 2.81. The third kappa shape index (κ3) is 4.33. The summed E-state index contributed by atoms with van der Waals surface area (Å²) in [5.41, 5.74) is -0.374. The number of ether oxygens (including phenoxy) is 1. The van der Waals surface area contributed by atoms with Crippen LogP contribution in [0.25, 0.3) is 5.69 Å². The summed E-state index contributed by atoms with van der Waals surface area (Å²) in [5.74, 6) is -3.75. The van der Waals surface area contributed by atoms with E-state index in [4.69, 9.17) is 9.15 Å². The third-order valence-corrected chi connectivity index (χ3v) is 6.67. The number of oxazole rings is 1. The minimum absolute atomic E-state index is 0.0470. The normalized spacial score (nSPS) is 21.5. The fraction of sp³-hybridized carbons (Fsp3) is 0.259. The maximum atomic E-state index is 15.5. The van der Waals surface area contributed by atoms with Gasteiger partial charge in [-0.2, -0.15) is 9.78 Å². The Morgan fingerprint density at radius 2 is 1.92 bits per heavy atom. The minimum Gasteiger partial charge on any atom is -0.453 e. The molecule has 5 rings (SSSR count). The molecule has 0 radical (unpaired) electrons. The molecule has 0 aliphatic carbocycles. The minimum atomic E-state index is -1.72. The Morgan fingerprint density at radius 1 is 1.14 bits per heavy atom. The molecule has 190 valence electrons. The van der Waals surface area contributed by atoms with Crippen molar-refractivity contribution < 1.29 is 22.7 Å². The number of aromatic nitrogens is 3. The summed E-state index contributed by atoms with van der Waals surface area (Å²) >= 11 is 0. The quantitative estimate of drug-likeness (QED) is 0.412. The highest BCUT2D eigenvalue weighted by atomic mass is 19.1. The maximum absolute atomic E-state index is 15.5. The van der Waals surface area contributed by atoms with E-state index in [1.807, 2.05) is 19.1 Å². The summed E-state index contributed by atoms with van der Waals surface area (Å²) in [7, 11) is 0. The summed E-state index contributed by atoms with van der Waals surface area (Å²) < 4.78 is 42.4. The van der Waals surface area contributed by atoms with Crippen molar-refractivity contribution in [3.63, 3.8) is 0 Å². The lowest BCUT2D eigenvalue weighted by atomic mass is 9.68. The Balaban J connectivity index is 1.78. The fourth-order valence-electron chi connectivity index (χ4n) is 5.12. The van der Waals surface area contributed by atoms with E-state index in [0.717, 1.165) is 17.7 Å². The summed E-state index contributed by atoms with van der Waals surface area (Å²) in [6.45, 7) is 3.50. The number of carbonyl (C=O) groups excluding carboxylic acids is 1. The van der Waals surface area contributed by atoms with Crippen LogP contribution in [0.3, 0.4) is 0 Å². The van der Waals surface area contributed by atoms with Gasteiger partial charge in [0.2, 0.25) is 5.89 Å². The highest BCUT2D eigenvalue weighted by Crippen LogP contribution is 2.52. The van der Waals surface area contributed by atoms with Gasteiger partial charge in [-0.15, -0.1) is 0 Å². The van der Waals surface area contributed by atoms with E-state index in [1.54, 1.807) is 12.1 Å². The van der Waals surface area contributed by atoms with Crippen LogP contribution in [0.15, 0.2) is 76.3 Å². The van der Waals surface area contributed by atoms with Crippen LogP contribution in [-0.2, 0) is 15.1 Å². The molecule has 8 nitrogen and oxygen atoms in total. The van der Waals surface area contributed by atoms with Gasteiger partial charge in [0.15, 0.2) is 5.60 Å². The Bertz CT molecular complexity index is 1500. The molecule has 1 aliphatic rings. The first kappa shape index (κ1) is 24.5. The molecule has 3 atom stereocenters. The van der Waals surface area contributed by atoms with Crippen LogP contribution in [0.5, 0.6) is 0 Å². The van der Waals surface area contributed by atoms with Crippen LogP contribution in [0.2, 0.25) is 0 Å². The first-order valence-electron chi connectivity index (χ1n) is 11.7. The smallest absolute Gasteiger partial charge is 0.303 e. The van der Waals surface area contributed by atoms with Gasteiger partial charge in [-0.3, -0.25) is 9.59 Å². The standard InChI is InChI=1S/C27H24F2N4O4/c1-16-5-3-4-6-24(16)33-25(35)10-9-23(32-33)20-14-30-15-21(26-31-11-12-36-26)27(20,37-17(2)34)19-8-7-18(28)13-22(19)29/h3-13,20-21,30H,14-15H2,1-2H3. The first-order valence-corrected chi connectivity index (χ1v) is 11.7. The molecule has 3 heterocycles. The molecular weight excluding hydrogens is 482 g/mol. The van der Waals surface area contributed by atoms with Crippen molar-refractivity contribution in [1.82, 2.24) is 20.1 Å². The molecule has 37 heavy (non-hydrogen) atoms. The van der Waals surface area contributed by atoms with Crippen LogP contribution in [0, 0.1) is 18.6 Å². The lowest BCUT2D eigenvalue weighted by Gasteiger charge is -2.47. The van der Waals surface area contributed by atoms with Crippen molar-refractivity contribution in [1.29, 1.82) is 0 Å². The number of hydrogen-bond acceptors (Lipinski definition) is 7. The zero-order valence-corrected chi connectivity index (χ0v) is 20.2. The number of nitrogens with one attached hydrogen (secondary N) is 1. The van der Waals surface area contributed by atoms with Crippen LogP contribution >= 0.6 is 0 Å². The van der Waals surface area contributed by atoms with Gasteiger partial charge in [-0.1, -0.05) is 18.2 Å².